The van der Waals surface area contributed by atoms with Gasteiger partial charge in [0.05, 0.1) is 5.54 Å². The molecular weight excluding hydrogens is 232 g/mol. The molecule has 0 heterocycles. The van der Waals surface area contributed by atoms with E-state index in [9.17, 15) is 14.7 Å². The molecule has 0 bridgehead atoms. The van der Waals surface area contributed by atoms with Crippen molar-refractivity contribution in [1.29, 1.82) is 0 Å². The third-order valence-electron chi connectivity index (χ3n) is 2.85. The highest BCUT2D eigenvalue weighted by Gasteiger charge is 2.30. The lowest BCUT2D eigenvalue weighted by Crippen LogP contribution is -2.52. The first-order valence-corrected chi connectivity index (χ1v) is 5.66. The standard InChI is InChI=1S/C13H18N2O3/c1-13(2,14-3)12(18)15-10(11(16)17)9-7-5-4-6-8-9/h4-8,10,14H,1-3H3,(H,15,18)(H,16,17). The van der Waals surface area contributed by atoms with E-state index >= 15 is 0 Å². The Labute approximate surface area is 106 Å². The highest BCUT2D eigenvalue weighted by atomic mass is 16.4. The Morgan fingerprint density at radius 2 is 1.78 bits per heavy atom. The smallest absolute Gasteiger partial charge is 0.330 e. The number of likely N-dealkylation sites (N-methyl/N-ethyl adjacent to an activating group) is 1. The minimum absolute atomic E-state index is 0.360. The summed E-state index contributed by atoms with van der Waals surface area (Å²) in [4.78, 5) is 23.2. The van der Waals surface area contributed by atoms with Crippen molar-refractivity contribution in [3.8, 4) is 0 Å². The first-order chi connectivity index (χ1) is 8.38. The van der Waals surface area contributed by atoms with Crippen molar-refractivity contribution in [2.75, 3.05) is 7.05 Å². The molecule has 0 saturated carbocycles. The zero-order valence-electron chi connectivity index (χ0n) is 10.7. The normalized spacial score (nSPS) is 12.8. The van der Waals surface area contributed by atoms with Crippen molar-refractivity contribution in [1.82, 2.24) is 10.6 Å². The second kappa shape index (κ2) is 5.64. The molecule has 1 aromatic carbocycles. The van der Waals surface area contributed by atoms with Gasteiger partial charge in [0.2, 0.25) is 5.91 Å². The van der Waals surface area contributed by atoms with Gasteiger partial charge in [0.15, 0.2) is 6.04 Å². The number of amides is 1. The third kappa shape index (κ3) is 3.30. The molecule has 1 unspecified atom stereocenters. The second-order valence-corrected chi connectivity index (χ2v) is 4.53. The third-order valence-corrected chi connectivity index (χ3v) is 2.85. The first kappa shape index (κ1) is 14.2. The van der Waals surface area contributed by atoms with E-state index in [1.165, 1.54) is 0 Å². The van der Waals surface area contributed by atoms with E-state index in [0.29, 0.717) is 5.56 Å². The van der Waals surface area contributed by atoms with Crippen molar-refractivity contribution in [3.63, 3.8) is 0 Å². The Morgan fingerprint density at radius 1 is 1.22 bits per heavy atom. The van der Waals surface area contributed by atoms with Crippen molar-refractivity contribution >= 4 is 11.9 Å². The number of carboxylic acids is 1. The van der Waals surface area contributed by atoms with E-state index in [-0.39, 0.29) is 5.91 Å². The molecule has 0 aliphatic rings. The molecule has 1 atom stereocenters. The predicted molar refractivity (Wildman–Crippen MR) is 68.1 cm³/mol. The topological polar surface area (TPSA) is 78.4 Å². The monoisotopic (exact) mass is 250 g/mol. The van der Waals surface area contributed by atoms with Crippen molar-refractivity contribution in [2.24, 2.45) is 0 Å². The van der Waals surface area contributed by atoms with Gasteiger partial charge in [0.25, 0.3) is 0 Å². The molecule has 5 nitrogen and oxygen atoms in total. The highest BCUT2D eigenvalue weighted by Crippen LogP contribution is 2.14. The fraction of sp³-hybridized carbons (Fsp3) is 0.385. The molecule has 5 heteroatoms. The fourth-order valence-electron chi connectivity index (χ4n) is 1.36. The van der Waals surface area contributed by atoms with Crippen LogP contribution >= 0.6 is 0 Å². The number of hydrogen-bond donors (Lipinski definition) is 3. The Hall–Kier alpha value is -1.88. The van der Waals surface area contributed by atoms with E-state index in [0.717, 1.165) is 0 Å². The van der Waals surface area contributed by atoms with Gasteiger partial charge >= 0.3 is 5.97 Å². The van der Waals surface area contributed by atoms with Crippen LogP contribution in [-0.2, 0) is 9.59 Å². The van der Waals surface area contributed by atoms with Gasteiger partial charge in [-0.25, -0.2) is 4.79 Å². The summed E-state index contributed by atoms with van der Waals surface area (Å²) in [6, 6.07) is 7.58. The van der Waals surface area contributed by atoms with Gasteiger partial charge in [-0.2, -0.15) is 0 Å². The molecule has 0 saturated heterocycles. The molecule has 0 aromatic heterocycles. The Morgan fingerprint density at radius 3 is 2.22 bits per heavy atom. The Bertz CT molecular complexity index is 429. The lowest BCUT2D eigenvalue weighted by atomic mass is 10.0. The van der Waals surface area contributed by atoms with E-state index in [2.05, 4.69) is 10.6 Å². The molecule has 0 aliphatic heterocycles. The second-order valence-electron chi connectivity index (χ2n) is 4.53. The summed E-state index contributed by atoms with van der Waals surface area (Å²) in [6.45, 7) is 3.37. The molecule has 1 amide bonds. The predicted octanol–water partition coefficient (Wildman–Crippen LogP) is 0.926. The van der Waals surface area contributed by atoms with Crippen LogP contribution in [-0.4, -0.2) is 29.6 Å². The summed E-state index contributed by atoms with van der Waals surface area (Å²) in [5.74, 6) is -1.44. The van der Waals surface area contributed by atoms with Crippen LogP contribution < -0.4 is 10.6 Å². The van der Waals surface area contributed by atoms with Crippen LogP contribution in [0.4, 0.5) is 0 Å². The number of nitrogens with one attached hydrogen (secondary N) is 2. The van der Waals surface area contributed by atoms with Gasteiger partial charge in [0, 0.05) is 0 Å². The Balaban J connectivity index is 2.90. The lowest BCUT2D eigenvalue weighted by molar-refractivity contribution is -0.142. The van der Waals surface area contributed by atoms with Crippen LogP contribution in [0.2, 0.25) is 0 Å². The minimum atomic E-state index is -1.08. The SMILES string of the molecule is CNC(C)(C)C(=O)NC(C(=O)O)c1ccccc1. The molecule has 1 rings (SSSR count). The van der Waals surface area contributed by atoms with Crippen LogP contribution in [0.5, 0.6) is 0 Å². The van der Waals surface area contributed by atoms with Gasteiger partial charge in [0.1, 0.15) is 0 Å². The molecule has 98 valence electrons. The van der Waals surface area contributed by atoms with Gasteiger partial charge in [-0.1, -0.05) is 30.3 Å². The highest BCUT2D eigenvalue weighted by molar-refractivity contribution is 5.90. The van der Waals surface area contributed by atoms with E-state index < -0.39 is 17.6 Å². The zero-order valence-corrected chi connectivity index (χ0v) is 10.7. The number of hydrogen-bond acceptors (Lipinski definition) is 3. The summed E-state index contributed by atoms with van der Waals surface area (Å²) in [6.07, 6.45) is 0. The maximum Gasteiger partial charge on any atom is 0.330 e. The van der Waals surface area contributed by atoms with Crippen LogP contribution in [0.3, 0.4) is 0 Å². The molecule has 0 radical (unpaired) electrons. The summed E-state index contributed by atoms with van der Waals surface area (Å²) in [7, 11) is 1.65. The average Bonchev–Trinajstić information content (AvgIpc) is 2.36. The number of carbonyl (C=O) groups is 2. The maximum atomic E-state index is 11.9. The number of carbonyl (C=O) groups excluding carboxylic acids is 1. The van der Waals surface area contributed by atoms with Crippen LogP contribution in [0.1, 0.15) is 25.5 Å². The number of rotatable bonds is 5. The van der Waals surface area contributed by atoms with Gasteiger partial charge in [-0.3, -0.25) is 4.79 Å². The van der Waals surface area contributed by atoms with E-state index in [1.54, 1.807) is 51.2 Å². The van der Waals surface area contributed by atoms with E-state index in [4.69, 9.17) is 0 Å². The summed E-state index contributed by atoms with van der Waals surface area (Å²) in [5, 5.41) is 14.5. The van der Waals surface area contributed by atoms with Crippen LogP contribution in [0, 0.1) is 0 Å². The van der Waals surface area contributed by atoms with Crippen molar-refractivity contribution < 1.29 is 14.7 Å². The van der Waals surface area contributed by atoms with Gasteiger partial charge in [-0.15, -0.1) is 0 Å². The fourth-order valence-corrected chi connectivity index (χ4v) is 1.36. The van der Waals surface area contributed by atoms with Crippen LogP contribution in [0.15, 0.2) is 30.3 Å². The zero-order chi connectivity index (χ0) is 13.8. The average molecular weight is 250 g/mol. The molecule has 0 aliphatic carbocycles. The molecule has 3 N–H and O–H groups in total. The molecule has 18 heavy (non-hydrogen) atoms. The lowest BCUT2D eigenvalue weighted by Gasteiger charge is -2.25. The van der Waals surface area contributed by atoms with Crippen molar-refractivity contribution in [2.45, 2.75) is 25.4 Å². The molecule has 1 aromatic rings. The number of benzene rings is 1. The quantitative estimate of drug-likeness (QED) is 0.726. The van der Waals surface area contributed by atoms with E-state index in [1.807, 2.05) is 0 Å². The molecule has 0 spiro atoms. The summed E-state index contributed by atoms with van der Waals surface area (Å²) < 4.78 is 0. The van der Waals surface area contributed by atoms with Gasteiger partial charge < -0.3 is 15.7 Å². The largest absolute Gasteiger partial charge is 0.479 e. The molecule has 0 fully saturated rings. The first-order valence-electron chi connectivity index (χ1n) is 5.66. The summed E-state index contributed by atoms with van der Waals surface area (Å²) >= 11 is 0. The minimum Gasteiger partial charge on any atom is -0.479 e. The van der Waals surface area contributed by atoms with Crippen LogP contribution in [0.25, 0.3) is 0 Å². The maximum absolute atomic E-state index is 11.9. The van der Waals surface area contributed by atoms with Gasteiger partial charge in [-0.05, 0) is 26.5 Å². The Kier molecular flexibility index (Phi) is 4.44. The van der Waals surface area contributed by atoms with Crippen molar-refractivity contribution in [3.05, 3.63) is 35.9 Å². The molecular formula is C13H18N2O3. The number of aliphatic carboxylic acids is 1. The number of carboxylic acid groups (broad SMARTS) is 1. The summed E-state index contributed by atoms with van der Waals surface area (Å²) in [5.41, 5.74) is -0.270.